The maximum Gasteiger partial charge on any atom is 0.251 e. The lowest BCUT2D eigenvalue weighted by Gasteiger charge is -2.19. The standard InChI is InChI=1S/C15H23N3O3S.ClH/c1-3-18(4-2)22(20,21)14-7-5-6-12(10-14)15(19)17-13-8-9-16-11-13;/h5-7,10,13,16H,3-4,8-9,11H2,1-2H3,(H,17,19);1H. The van der Waals surface area contributed by atoms with Crippen molar-refractivity contribution in [3.8, 4) is 0 Å². The fraction of sp³-hybridized carbons (Fsp3) is 0.533. The lowest BCUT2D eigenvalue weighted by atomic mass is 10.2. The third-order valence-electron chi connectivity index (χ3n) is 3.83. The van der Waals surface area contributed by atoms with Gasteiger partial charge in [0.05, 0.1) is 4.90 Å². The molecule has 1 atom stereocenters. The van der Waals surface area contributed by atoms with E-state index in [1.807, 2.05) is 0 Å². The SMILES string of the molecule is CCN(CC)S(=O)(=O)c1cccc(C(=O)NC2CCNC2)c1.Cl. The number of carbonyl (C=O) groups is 1. The Kier molecular flexibility index (Phi) is 7.47. The van der Waals surface area contributed by atoms with Gasteiger partial charge in [-0.2, -0.15) is 4.31 Å². The van der Waals surface area contributed by atoms with E-state index in [1.165, 1.54) is 16.4 Å². The van der Waals surface area contributed by atoms with Crippen LogP contribution in [-0.4, -0.2) is 50.9 Å². The Morgan fingerprint density at radius 1 is 1.35 bits per heavy atom. The molecular formula is C15H24ClN3O3S. The summed E-state index contributed by atoms with van der Waals surface area (Å²) in [4.78, 5) is 12.4. The second-order valence-corrected chi connectivity index (χ2v) is 7.22. The molecule has 1 heterocycles. The molecule has 2 rings (SSSR count). The number of sulfonamides is 1. The molecule has 1 aliphatic heterocycles. The van der Waals surface area contributed by atoms with Gasteiger partial charge < -0.3 is 10.6 Å². The van der Waals surface area contributed by atoms with E-state index in [1.54, 1.807) is 26.0 Å². The van der Waals surface area contributed by atoms with Crippen LogP contribution in [0.4, 0.5) is 0 Å². The predicted molar refractivity (Wildman–Crippen MR) is 92.5 cm³/mol. The molecule has 1 fully saturated rings. The number of nitrogens with zero attached hydrogens (tertiary/aromatic N) is 1. The summed E-state index contributed by atoms with van der Waals surface area (Å²) < 4.78 is 26.4. The molecule has 0 saturated carbocycles. The molecule has 1 amide bonds. The van der Waals surface area contributed by atoms with Crippen LogP contribution in [0, 0.1) is 0 Å². The zero-order chi connectivity index (χ0) is 16.2. The Labute approximate surface area is 144 Å². The molecular weight excluding hydrogens is 338 g/mol. The van der Waals surface area contributed by atoms with Crippen molar-refractivity contribution in [2.24, 2.45) is 0 Å². The number of amides is 1. The van der Waals surface area contributed by atoms with Gasteiger partial charge in [0.1, 0.15) is 0 Å². The van der Waals surface area contributed by atoms with Crippen molar-refractivity contribution in [1.82, 2.24) is 14.9 Å². The monoisotopic (exact) mass is 361 g/mol. The number of hydrogen-bond acceptors (Lipinski definition) is 4. The average Bonchev–Trinajstić information content (AvgIpc) is 3.01. The highest BCUT2D eigenvalue weighted by molar-refractivity contribution is 7.89. The van der Waals surface area contributed by atoms with Crippen LogP contribution in [0.5, 0.6) is 0 Å². The third kappa shape index (κ3) is 4.67. The first-order chi connectivity index (χ1) is 10.5. The largest absolute Gasteiger partial charge is 0.348 e. The van der Waals surface area contributed by atoms with E-state index >= 15 is 0 Å². The minimum Gasteiger partial charge on any atom is -0.348 e. The van der Waals surface area contributed by atoms with Gasteiger partial charge >= 0.3 is 0 Å². The molecule has 1 aliphatic rings. The van der Waals surface area contributed by atoms with Crippen LogP contribution in [0.1, 0.15) is 30.6 Å². The van der Waals surface area contributed by atoms with Crippen molar-refractivity contribution >= 4 is 28.3 Å². The smallest absolute Gasteiger partial charge is 0.251 e. The molecule has 1 unspecified atom stereocenters. The highest BCUT2D eigenvalue weighted by Gasteiger charge is 2.23. The summed E-state index contributed by atoms with van der Waals surface area (Å²) in [7, 11) is -3.54. The predicted octanol–water partition coefficient (Wildman–Crippen LogP) is 1.23. The molecule has 8 heteroatoms. The molecule has 0 spiro atoms. The Balaban J connectivity index is 0.00000264. The normalized spacial score (nSPS) is 17.8. The van der Waals surface area contributed by atoms with E-state index in [4.69, 9.17) is 0 Å². The van der Waals surface area contributed by atoms with Gasteiger partial charge in [0.25, 0.3) is 5.91 Å². The molecule has 1 aromatic rings. The fourth-order valence-electron chi connectivity index (χ4n) is 2.56. The summed E-state index contributed by atoms with van der Waals surface area (Å²) in [6.45, 7) is 6.05. The fourth-order valence-corrected chi connectivity index (χ4v) is 4.06. The second-order valence-electron chi connectivity index (χ2n) is 5.28. The Hall–Kier alpha value is -1.15. The Bertz CT molecular complexity index is 627. The minimum absolute atomic E-state index is 0. The van der Waals surface area contributed by atoms with Gasteiger partial charge in [0.2, 0.25) is 10.0 Å². The van der Waals surface area contributed by atoms with Crippen LogP contribution in [0.25, 0.3) is 0 Å². The molecule has 1 aromatic carbocycles. The molecule has 130 valence electrons. The summed E-state index contributed by atoms with van der Waals surface area (Å²) in [5, 5.41) is 6.10. The van der Waals surface area contributed by atoms with Gasteiger partial charge in [-0.05, 0) is 31.2 Å². The average molecular weight is 362 g/mol. The molecule has 0 bridgehead atoms. The van der Waals surface area contributed by atoms with Crippen LogP contribution >= 0.6 is 12.4 Å². The number of rotatable bonds is 6. The molecule has 0 aromatic heterocycles. The number of carbonyl (C=O) groups excluding carboxylic acids is 1. The number of hydrogen-bond donors (Lipinski definition) is 2. The first-order valence-corrected chi connectivity index (χ1v) is 9.04. The topological polar surface area (TPSA) is 78.5 Å². The van der Waals surface area contributed by atoms with E-state index in [2.05, 4.69) is 10.6 Å². The van der Waals surface area contributed by atoms with Crippen LogP contribution in [0.15, 0.2) is 29.2 Å². The Morgan fingerprint density at radius 2 is 2.04 bits per heavy atom. The van der Waals surface area contributed by atoms with Crippen LogP contribution in [0.2, 0.25) is 0 Å². The lowest BCUT2D eigenvalue weighted by molar-refractivity contribution is 0.0940. The first-order valence-electron chi connectivity index (χ1n) is 7.60. The summed E-state index contributed by atoms with van der Waals surface area (Å²) in [6.07, 6.45) is 0.892. The van der Waals surface area contributed by atoms with E-state index in [-0.39, 0.29) is 29.3 Å². The van der Waals surface area contributed by atoms with E-state index < -0.39 is 10.0 Å². The van der Waals surface area contributed by atoms with Crippen LogP contribution in [-0.2, 0) is 10.0 Å². The van der Waals surface area contributed by atoms with Gasteiger partial charge in [-0.15, -0.1) is 12.4 Å². The highest BCUT2D eigenvalue weighted by atomic mass is 35.5. The van der Waals surface area contributed by atoms with Gasteiger partial charge in [-0.25, -0.2) is 8.42 Å². The second kappa shape index (κ2) is 8.63. The van der Waals surface area contributed by atoms with E-state index in [0.29, 0.717) is 18.7 Å². The van der Waals surface area contributed by atoms with Crippen molar-refractivity contribution < 1.29 is 13.2 Å². The summed E-state index contributed by atoms with van der Waals surface area (Å²) in [5.74, 6) is -0.231. The van der Waals surface area contributed by atoms with Gasteiger partial charge in [0.15, 0.2) is 0 Å². The summed E-state index contributed by atoms with van der Waals surface area (Å²) in [5.41, 5.74) is 0.375. The zero-order valence-corrected chi connectivity index (χ0v) is 15.0. The number of benzene rings is 1. The third-order valence-corrected chi connectivity index (χ3v) is 5.88. The highest BCUT2D eigenvalue weighted by Crippen LogP contribution is 2.17. The number of halogens is 1. The molecule has 23 heavy (non-hydrogen) atoms. The molecule has 1 saturated heterocycles. The quantitative estimate of drug-likeness (QED) is 0.798. The van der Waals surface area contributed by atoms with Crippen LogP contribution in [0.3, 0.4) is 0 Å². The number of nitrogens with one attached hydrogen (secondary N) is 2. The van der Waals surface area contributed by atoms with Crippen molar-refractivity contribution in [3.63, 3.8) is 0 Å². The maximum atomic E-state index is 12.5. The van der Waals surface area contributed by atoms with E-state index in [0.717, 1.165) is 19.5 Å². The minimum atomic E-state index is -3.54. The molecule has 2 N–H and O–H groups in total. The zero-order valence-electron chi connectivity index (χ0n) is 13.4. The molecule has 0 aliphatic carbocycles. The van der Waals surface area contributed by atoms with Gasteiger partial charge in [-0.3, -0.25) is 4.79 Å². The maximum absolute atomic E-state index is 12.5. The summed E-state index contributed by atoms with van der Waals surface area (Å²) in [6, 6.07) is 6.33. The van der Waals surface area contributed by atoms with Crippen molar-refractivity contribution in [2.75, 3.05) is 26.2 Å². The molecule has 0 radical (unpaired) electrons. The summed E-state index contributed by atoms with van der Waals surface area (Å²) >= 11 is 0. The van der Waals surface area contributed by atoms with Crippen molar-refractivity contribution in [2.45, 2.75) is 31.2 Å². The van der Waals surface area contributed by atoms with Crippen molar-refractivity contribution in [1.29, 1.82) is 0 Å². The Morgan fingerprint density at radius 3 is 2.61 bits per heavy atom. The van der Waals surface area contributed by atoms with Crippen LogP contribution < -0.4 is 10.6 Å². The van der Waals surface area contributed by atoms with Gasteiger partial charge in [-0.1, -0.05) is 19.9 Å². The van der Waals surface area contributed by atoms with E-state index in [9.17, 15) is 13.2 Å². The first kappa shape index (κ1) is 19.9. The van der Waals surface area contributed by atoms with Gasteiger partial charge in [0, 0.05) is 31.2 Å². The lowest BCUT2D eigenvalue weighted by Crippen LogP contribution is -2.36. The van der Waals surface area contributed by atoms with Crippen molar-refractivity contribution in [3.05, 3.63) is 29.8 Å². The molecule has 6 nitrogen and oxygen atoms in total.